The number of halogens is 42. The largest absolute Gasteiger partial charge is 0.557 e. The third kappa shape index (κ3) is 11.0. The molecule has 0 bridgehead atoms. The maximum Gasteiger partial charge on any atom is 0.557 e. The van der Waals surface area contributed by atoms with Crippen LogP contribution in [0.2, 0.25) is 0 Å². The molecule has 3 N–H and O–H groups in total. The summed E-state index contributed by atoms with van der Waals surface area (Å²) in [4.78, 5) is 21.6. The lowest BCUT2D eigenvalue weighted by Gasteiger charge is -2.48. The highest BCUT2D eigenvalue weighted by Crippen LogP contribution is 2.69. The first-order chi connectivity index (χ1) is 32.6. The first-order valence-electron chi connectivity index (χ1n) is 17.2. The van der Waals surface area contributed by atoms with E-state index in [1.807, 2.05) is 0 Å². The number of hydrogen-bond acceptors (Lipinski definition) is 4. The number of phosphoric acid groups is 1. The van der Waals surface area contributed by atoms with Crippen LogP contribution < -0.4 is 0 Å². The van der Waals surface area contributed by atoms with Crippen LogP contribution in [0.4, 0.5) is 184 Å². The molecule has 2 unspecified atom stereocenters. The maximum atomic E-state index is 16.1. The zero-order chi connectivity index (χ0) is 63.9. The summed E-state index contributed by atoms with van der Waals surface area (Å²) in [6.07, 6.45) is -39.3. The van der Waals surface area contributed by atoms with Gasteiger partial charge in [0.05, 0.1) is 0 Å². The summed E-state index contributed by atoms with van der Waals surface area (Å²) in [5.74, 6) is -135. The van der Waals surface area contributed by atoms with Crippen molar-refractivity contribution in [3.8, 4) is 0 Å². The molecule has 2 atom stereocenters. The summed E-state index contributed by atoms with van der Waals surface area (Å²) >= 11 is 0. The van der Waals surface area contributed by atoms with Crippen molar-refractivity contribution >= 4 is 16.6 Å². The molecule has 0 aromatic rings. The Kier molecular flexibility index (Phi) is 20.4. The topological polar surface area (TPSA) is 105 Å². The Balaban J connectivity index is 0. The minimum Gasteiger partial charge on any atom is -0.372 e. The standard InChI is InChI=1S/C26H14F42O3Si.H3O4P/c1-3-69-72(70-4-2,22(56,26(66,67)68)19(50,51)16(44,45)13(38,39)12(36,37)15(42,43)18(48,49)21(54,55)25(63,64)65)71-6-5-7(27,23(57,58)59)8(28,29)9(30,31)10(32,33)11(34,35)14(40,41)17(46,47)20(52,53)24(60,61)62;1-5(2,3)4/h3-6H2,1-2H3;(H3,1,2,3,4). The van der Waals surface area contributed by atoms with E-state index in [1.165, 1.54) is 0 Å². The van der Waals surface area contributed by atoms with Gasteiger partial charge in [-0.05, 0) is 13.8 Å². The van der Waals surface area contributed by atoms with E-state index in [0.29, 0.717) is 0 Å². The smallest absolute Gasteiger partial charge is 0.372 e. The Morgan fingerprint density at radius 2 is 0.494 bits per heavy atom. The normalized spacial score (nSPS) is 17.9. The molecule has 7 nitrogen and oxygen atoms in total. The monoisotopic (exact) mass is 1300 g/mol. The van der Waals surface area contributed by atoms with Crippen LogP contribution in [0.15, 0.2) is 0 Å². The first kappa shape index (κ1) is 76.3. The Morgan fingerprint density at radius 3 is 0.675 bits per heavy atom. The predicted molar refractivity (Wildman–Crippen MR) is 155 cm³/mol. The Labute approximate surface area is 393 Å². The van der Waals surface area contributed by atoms with E-state index >= 15 is 17.6 Å². The molecule has 0 fully saturated rings. The Morgan fingerprint density at radius 1 is 0.299 bits per heavy atom. The molecular formula is C26H17F42O7PSi. The molecule has 466 valence electrons. The second-order valence-electron chi connectivity index (χ2n) is 14.0. The molecule has 0 spiro atoms. The van der Waals surface area contributed by atoms with Gasteiger partial charge in [0.1, 0.15) is 0 Å². The van der Waals surface area contributed by atoms with Crippen LogP contribution >= 0.6 is 7.82 Å². The molecule has 0 saturated carbocycles. The van der Waals surface area contributed by atoms with Crippen molar-refractivity contribution < 1.29 is 217 Å². The van der Waals surface area contributed by atoms with Crippen LogP contribution in [0, 0.1) is 0 Å². The van der Waals surface area contributed by atoms with Crippen molar-refractivity contribution in [2.75, 3.05) is 19.8 Å². The zero-order valence-electron chi connectivity index (χ0n) is 34.6. The molecule has 0 amide bonds. The van der Waals surface area contributed by atoms with Crippen LogP contribution in [0.25, 0.3) is 0 Å². The van der Waals surface area contributed by atoms with Crippen molar-refractivity contribution in [3.63, 3.8) is 0 Å². The van der Waals surface area contributed by atoms with Gasteiger partial charge >= 0.3 is 130 Å². The lowest BCUT2D eigenvalue weighted by molar-refractivity contribution is -0.471. The molecule has 0 saturated heterocycles. The van der Waals surface area contributed by atoms with Crippen LogP contribution in [-0.4, -0.2) is 162 Å². The second-order valence-corrected chi connectivity index (χ2v) is 17.7. The lowest BCUT2D eigenvalue weighted by atomic mass is 9.82. The van der Waals surface area contributed by atoms with E-state index in [9.17, 15) is 167 Å². The molecule has 51 heteroatoms. The van der Waals surface area contributed by atoms with Crippen molar-refractivity contribution in [1.82, 2.24) is 0 Å². The maximum absolute atomic E-state index is 16.1. The molecule has 0 heterocycles. The molecular weight excluding hydrogens is 1280 g/mol. The highest BCUT2D eigenvalue weighted by molar-refractivity contribution is 7.45. The summed E-state index contributed by atoms with van der Waals surface area (Å²) in [5, 5.41) is -8.94. The fourth-order valence-corrected chi connectivity index (χ4v) is 7.81. The molecule has 0 aromatic heterocycles. The highest BCUT2D eigenvalue weighted by Gasteiger charge is 3.02. The molecule has 77 heavy (non-hydrogen) atoms. The third-order valence-electron chi connectivity index (χ3n) is 9.04. The van der Waals surface area contributed by atoms with Crippen molar-refractivity contribution in [2.24, 2.45) is 0 Å². The fraction of sp³-hybridized carbons (Fsp3) is 1.00. The van der Waals surface area contributed by atoms with Crippen LogP contribution in [0.5, 0.6) is 0 Å². The summed E-state index contributed by atoms with van der Waals surface area (Å²) in [7, 11) is -14.0. The van der Waals surface area contributed by atoms with Gasteiger partial charge < -0.3 is 28.0 Å². The Hall–Kier alpha value is -2.73. The number of alkyl halides is 42. The molecule has 0 aliphatic carbocycles. The minimum atomic E-state index is -9.99. The average Bonchev–Trinajstić information content (AvgIpc) is 3.16. The molecule has 0 aliphatic rings. The summed E-state index contributed by atoms with van der Waals surface area (Å²) in [6, 6.07) is 0. The van der Waals surface area contributed by atoms with Gasteiger partial charge in [0, 0.05) is 26.2 Å². The summed E-state index contributed by atoms with van der Waals surface area (Å²) in [6.45, 7) is -10.0. The van der Waals surface area contributed by atoms with E-state index in [2.05, 4.69) is 13.3 Å². The molecule has 0 aliphatic heterocycles. The SMILES string of the molecule is CCO[Si](OCC)(OCCC(F)(C(F)(F)F)C(F)(F)C(F)(F)C(F)(F)C(F)(F)C(F)(F)C(F)(F)C(F)(F)C(F)(F)F)C(F)(C(F)(F)F)C(F)(F)C(F)(F)C(F)(F)C(F)(F)C(F)(F)C(F)(F)C(F)(F)C(F)(F)F.O=P(O)(O)O. The van der Waals surface area contributed by atoms with Gasteiger partial charge in [0.15, 0.2) is 0 Å². The Bertz CT molecular complexity index is 2040. The summed E-state index contributed by atoms with van der Waals surface area (Å²) < 4.78 is 602. The van der Waals surface area contributed by atoms with E-state index in [4.69, 9.17) is 19.2 Å². The fourth-order valence-electron chi connectivity index (χ4n) is 4.94. The molecule has 0 rings (SSSR count). The van der Waals surface area contributed by atoms with E-state index < -0.39 is 161 Å². The average molecular weight is 1300 g/mol. The van der Waals surface area contributed by atoms with E-state index in [0.717, 1.165) is 0 Å². The van der Waals surface area contributed by atoms with E-state index in [-0.39, 0.29) is 13.8 Å². The van der Waals surface area contributed by atoms with Crippen molar-refractivity contribution in [2.45, 2.75) is 139 Å². The first-order valence-corrected chi connectivity index (χ1v) is 20.5. The zero-order valence-corrected chi connectivity index (χ0v) is 36.5. The predicted octanol–water partition coefficient (Wildman–Crippen LogP) is 13.6. The van der Waals surface area contributed by atoms with Gasteiger partial charge in [-0.25, -0.2) is 13.3 Å². The number of rotatable bonds is 23. The summed E-state index contributed by atoms with van der Waals surface area (Å²) in [5.41, 5.74) is -8.58. The lowest BCUT2D eigenvalue weighted by Crippen LogP contribution is -2.83. The molecule has 0 aromatic carbocycles. The van der Waals surface area contributed by atoms with Gasteiger partial charge in [-0.15, -0.1) is 0 Å². The van der Waals surface area contributed by atoms with Crippen molar-refractivity contribution in [1.29, 1.82) is 0 Å². The molecule has 0 radical (unpaired) electrons. The van der Waals surface area contributed by atoms with Gasteiger partial charge in [0.2, 0.25) is 0 Å². The number of hydrogen-bond donors (Lipinski definition) is 3. The van der Waals surface area contributed by atoms with E-state index in [1.54, 1.807) is 0 Å². The van der Waals surface area contributed by atoms with Gasteiger partial charge in [-0.2, -0.15) is 176 Å². The van der Waals surface area contributed by atoms with Gasteiger partial charge in [-0.1, -0.05) is 0 Å². The minimum absolute atomic E-state index is 0.278. The third-order valence-corrected chi connectivity index (χ3v) is 12.4. The second kappa shape index (κ2) is 20.6. The van der Waals surface area contributed by atoms with Crippen LogP contribution in [0.3, 0.4) is 0 Å². The van der Waals surface area contributed by atoms with Crippen molar-refractivity contribution in [3.05, 3.63) is 0 Å². The quantitative estimate of drug-likeness (QED) is 0.0532. The van der Waals surface area contributed by atoms with Crippen LogP contribution in [-0.2, 0) is 17.8 Å². The highest BCUT2D eigenvalue weighted by atomic mass is 31.2. The van der Waals surface area contributed by atoms with Gasteiger partial charge in [-0.3, -0.25) is 0 Å². The van der Waals surface area contributed by atoms with Gasteiger partial charge in [0.25, 0.3) is 5.67 Å². The van der Waals surface area contributed by atoms with Crippen LogP contribution in [0.1, 0.15) is 20.3 Å².